The molecule has 2 N–H and O–H groups in total. The largest absolute Gasteiger partial charge is 0.345 e. The number of rotatable bonds is 5. The van der Waals surface area contributed by atoms with Crippen LogP contribution in [0.1, 0.15) is 31.2 Å². The summed E-state index contributed by atoms with van der Waals surface area (Å²) in [6, 6.07) is 10.8. The normalized spacial score (nSPS) is 34.6. The highest BCUT2D eigenvalue weighted by Gasteiger charge is 2.49. The van der Waals surface area contributed by atoms with Crippen molar-refractivity contribution < 1.29 is 4.79 Å². The Morgan fingerprint density at radius 3 is 2.68 bits per heavy atom. The number of nitrogens with zero attached hydrogens (tertiary/aromatic N) is 2. The summed E-state index contributed by atoms with van der Waals surface area (Å²) in [6.45, 7) is 4.13. The molecule has 3 aliphatic rings. The van der Waals surface area contributed by atoms with Crippen molar-refractivity contribution in [1.82, 2.24) is 9.80 Å². The number of nitrogens with two attached hydrogens (primary N) is 1. The predicted molar refractivity (Wildman–Crippen MR) is 99.8 cm³/mol. The molecule has 1 aromatic carbocycles. The van der Waals surface area contributed by atoms with Crippen molar-refractivity contribution in [2.45, 2.75) is 38.3 Å². The van der Waals surface area contributed by atoms with Crippen LogP contribution in [0, 0.1) is 23.7 Å². The average molecular weight is 341 g/mol. The molecule has 1 aromatic rings. The van der Waals surface area contributed by atoms with Crippen LogP contribution in [0.15, 0.2) is 30.3 Å². The van der Waals surface area contributed by atoms with Gasteiger partial charge < -0.3 is 10.6 Å². The Morgan fingerprint density at radius 2 is 1.96 bits per heavy atom. The van der Waals surface area contributed by atoms with Crippen molar-refractivity contribution in [1.29, 1.82) is 0 Å². The van der Waals surface area contributed by atoms with E-state index >= 15 is 0 Å². The van der Waals surface area contributed by atoms with Gasteiger partial charge in [-0.2, -0.15) is 0 Å². The monoisotopic (exact) mass is 341 g/mol. The van der Waals surface area contributed by atoms with Crippen LogP contribution in [0.2, 0.25) is 0 Å². The number of fused-ring (bicyclic) bond motifs is 2. The second kappa shape index (κ2) is 7.08. The van der Waals surface area contributed by atoms with Crippen molar-refractivity contribution in [2.24, 2.45) is 29.4 Å². The fourth-order valence-electron chi connectivity index (χ4n) is 5.48. The Hall–Kier alpha value is -1.39. The second-order valence-corrected chi connectivity index (χ2v) is 8.53. The molecule has 0 aromatic heterocycles. The molecule has 1 heterocycles. The van der Waals surface area contributed by atoms with E-state index in [-0.39, 0.29) is 12.0 Å². The number of benzene rings is 1. The topological polar surface area (TPSA) is 49.6 Å². The van der Waals surface area contributed by atoms with Crippen molar-refractivity contribution in [3.8, 4) is 0 Å². The van der Waals surface area contributed by atoms with E-state index in [2.05, 4.69) is 35.2 Å². The molecule has 5 atom stereocenters. The van der Waals surface area contributed by atoms with E-state index in [4.69, 9.17) is 5.73 Å². The third-order valence-electron chi connectivity index (χ3n) is 6.79. The first-order chi connectivity index (χ1) is 12.1. The summed E-state index contributed by atoms with van der Waals surface area (Å²) in [5.41, 5.74) is 7.74. The van der Waals surface area contributed by atoms with Crippen LogP contribution in [-0.4, -0.2) is 48.4 Å². The lowest BCUT2D eigenvalue weighted by atomic mass is 9.84. The number of hydrogen-bond acceptors (Lipinski definition) is 3. The van der Waals surface area contributed by atoms with Gasteiger partial charge in [-0.15, -0.1) is 0 Å². The van der Waals surface area contributed by atoms with Gasteiger partial charge in [0.25, 0.3) is 0 Å². The van der Waals surface area contributed by atoms with E-state index < -0.39 is 0 Å². The van der Waals surface area contributed by atoms with E-state index in [0.29, 0.717) is 23.7 Å². The number of carbonyl (C=O) groups is 1. The first kappa shape index (κ1) is 17.0. The van der Waals surface area contributed by atoms with Crippen LogP contribution in [-0.2, 0) is 11.3 Å². The van der Waals surface area contributed by atoms with Crippen LogP contribution in [0.3, 0.4) is 0 Å². The number of amides is 1. The molecule has 1 aliphatic heterocycles. The zero-order chi connectivity index (χ0) is 17.4. The van der Waals surface area contributed by atoms with Crippen molar-refractivity contribution in [2.75, 3.05) is 26.7 Å². The fraction of sp³-hybridized carbons (Fsp3) is 0.667. The highest BCUT2D eigenvalue weighted by Crippen LogP contribution is 2.48. The maximum Gasteiger partial charge on any atom is 0.227 e. The molecule has 4 rings (SSSR count). The van der Waals surface area contributed by atoms with E-state index in [1.54, 1.807) is 0 Å². The van der Waals surface area contributed by atoms with Gasteiger partial charge >= 0.3 is 0 Å². The molecule has 1 saturated heterocycles. The van der Waals surface area contributed by atoms with Gasteiger partial charge in [0, 0.05) is 32.7 Å². The smallest absolute Gasteiger partial charge is 0.227 e. The maximum atomic E-state index is 12.9. The molecule has 136 valence electrons. The Bertz CT molecular complexity index is 602. The molecule has 0 radical (unpaired) electrons. The Morgan fingerprint density at radius 1 is 1.20 bits per heavy atom. The summed E-state index contributed by atoms with van der Waals surface area (Å²) < 4.78 is 0. The molecule has 3 fully saturated rings. The first-order valence-electron chi connectivity index (χ1n) is 9.88. The summed E-state index contributed by atoms with van der Waals surface area (Å²) in [5, 5.41) is 0. The summed E-state index contributed by atoms with van der Waals surface area (Å²) in [6.07, 6.45) is 4.81. The molecular formula is C21H31N3O. The summed E-state index contributed by atoms with van der Waals surface area (Å²) in [7, 11) is 1.99. The number of hydrogen-bond donors (Lipinski definition) is 1. The van der Waals surface area contributed by atoms with Crippen LogP contribution in [0.4, 0.5) is 0 Å². The molecule has 2 aliphatic carbocycles. The zero-order valence-corrected chi connectivity index (χ0v) is 15.3. The molecule has 2 saturated carbocycles. The maximum absolute atomic E-state index is 12.9. The average Bonchev–Trinajstić information content (AvgIpc) is 3.32. The van der Waals surface area contributed by atoms with Crippen LogP contribution in [0.25, 0.3) is 0 Å². The van der Waals surface area contributed by atoms with Crippen molar-refractivity contribution in [3.63, 3.8) is 0 Å². The molecule has 4 heteroatoms. The lowest BCUT2D eigenvalue weighted by Gasteiger charge is -2.32. The highest BCUT2D eigenvalue weighted by molar-refractivity contribution is 5.80. The van der Waals surface area contributed by atoms with E-state index in [0.717, 1.165) is 26.2 Å². The Balaban J connectivity index is 1.28. The zero-order valence-electron chi connectivity index (χ0n) is 15.3. The standard InChI is InChI=1S/C21H31N3O/c1-23(21(25)19-17-7-8-18(11-17)20(19)22)12-16-9-10-24(14-16)13-15-5-3-2-4-6-15/h2-6,16-20H,7-14,22H2,1H3. The summed E-state index contributed by atoms with van der Waals surface area (Å²) >= 11 is 0. The third-order valence-corrected chi connectivity index (χ3v) is 6.79. The molecule has 1 amide bonds. The predicted octanol–water partition coefficient (Wildman–Crippen LogP) is 2.34. The summed E-state index contributed by atoms with van der Waals surface area (Å²) in [4.78, 5) is 17.4. The van der Waals surface area contributed by atoms with E-state index in [1.165, 1.54) is 31.2 Å². The van der Waals surface area contributed by atoms with E-state index in [1.807, 2.05) is 11.9 Å². The van der Waals surface area contributed by atoms with Gasteiger partial charge in [0.15, 0.2) is 0 Å². The van der Waals surface area contributed by atoms with Gasteiger partial charge in [-0.25, -0.2) is 0 Å². The second-order valence-electron chi connectivity index (χ2n) is 8.53. The summed E-state index contributed by atoms with van der Waals surface area (Å²) in [5.74, 6) is 2.13. The molecule has 0 spiro atoms. The Labute approximate surface area is 151 Å². The van der Waals surface area contributed by atoms with Gasteiger partial charge in [-0.3, -0.25) is 9.69 Å². The Kier molecular flexibility index (Phi) is 4.83. The molecular weight excluding hydrogens is 310 g/mol. The van der Waals surface area contributed by atoms with Crippen molar-refractivity contribution >= 4 is 5.91 Å². The van der Waals surface area contributed by atoms with Gasteiger partial charge in [-0.05, 0) is 55.5 Å². The third kappa shape index (κ3) is 3.47. The molecule has 4 nitrogen and oxygen atoms in total. The van der Waals surface area contributed by atoms with Gasteiger partial charge in [0.2, 0.25) is 5.91 Å². The minimum atomic E-state index is 0.0885. The molecule has 5 unspecified atom stereocenters. The SMILES string of the molecule is CN(CC1CCN(Cc2ccccc2)C1)C(=O)C1C2CCC(C2)C1N. The van der Waals surface area contributed by atoms with E-state index in [9.17, 15) is 4.79 Å². The van der Waals surface area contributed by atoms with Crippen LogP contribution in [0.5, 0.6) is 0 Å². The number of carbonyl (C=O) groups excluding carboxylic acids is 1. The minimum Gasteiger partial charge on any atom is -0.345 e. The fourth-order valence-corrected chi connectivity index (χ4v) is 5.48. The van der Waals surface area contributed by atoms with Crippen LogP contribution < -0.4 is 5.73 Å². The lowest BCUT2D eigenvalue weighted by Crippen LogP contribution is -2.47. The van der Waals surface area contributed by atoms with Gasteiger partial charge in [0.1, 0.15) is 0 Å². The lowest BCUT2D eigenvalue weighted by molar-refractivity contribution is -0.136. The van der Waals surface area contributed by atoms with Crippen molar-refractivity contribution in [3.05, 3.63) is 35.9 Å². The highest BCUT2D eigenvalue weighted by atomic mass is 16.2. The molecule has 25 heavy (non-hydrogen) atoms. The van der Waals surface area contributed by atoms with Crippen LogP contribution >= 0.6 is 0 Å². The number of likely N-dealkylation sites (tertiary alicyclic amines) is 1. The quantitative estimate of drug-likeness (QED) is 0.894. The van der Waals surface area contributed by atoms with Gasteiger partial charge in [-0.1, -0.05) is 30.3 Å². The minimum absolute atomic E-state index is 0.0885. The first-order valence-corrected chi connectivity index (χ1v) is 9.88. The van der Waals surface area contributed by atoms with Gasteiger partial charge in [0.05, 0.1) is 5.92 Å². The molecule has 2 bridgehead atoms.